The van der Waals surface area contributed by atoms with Crippen LogP contribution in [0.4, 0.5) is 0 Å². The number of nitrogens with one attached hydrogen (secondary N) is 1. The molecule has 20 heavy (non-hydrogen) atoms. The Labute approximate surface area is 140 Å². The van der Waals surface area contributed by atoms with Crippen molar-refractivity contribution in [3.63, 3.8) is 0 Å². The molecule has 0 aliphatic carbocycles. The van der Waals surface area contributed by atoms with Crippen LogP contribution >= 0.6 is 36.4 Å². The van der Waals surface area contributed by atoms with Gasteiger partial charge in [0.15, 0.2) is 0 Å². The molecule has 1 fully saturated rings. The van der Waals surface area contributed by atoms with E-state index in [1.807, 2.05) is 6.07 Å². The Morgan fingerprint density at radius 3 is 2.45 bits per heavy atom. The molecule has 1 aromatic carbocycles. The first-order valence-electron chi connectivity index (χ1n) is 6.93. The molecule has 1 aliphatic rings. The van der Waals surface area contributed by atoms with E-state index in [2.05, 4.69) is 36.2 Å². The predicted octanol–water partition coefficient (Wildman–Crippen LogP) is 4.24. The molecule has 116 valence electrons. The molecule has 0 aromatic heterocycles. The van der Waals surface area contributed by atoms with Crippen molar-refractivity contribution in [2.24, 2.45) is 0 Å². The molecule has 2 rings (SSSR count). The van der Waals surface area contributed by atoms with Gasteiger partial charge in [-0.15, -0.1) is 24.8 Å². The maximum absolute atomic E-state index is 6.06. The Hall–Kier alpha value is 0.01000. The Balaban J connectivity index is 0.00000180. The van der Waals surface area contributed by atoms with Gasteiger partial charge < -0.3 is 5.32 Å². The number of piperazine rings is 1. The maximum atomic E-state index is 6.06. The van der Waals surface area contributed by atoms with E-state index in [4.69, 9.17) is 11.6 Å². The fourth-order valence-corrected chi connectivity index (χ4v) is 3.04. The van der Waals surface area contributed by atoms with E-state index in [9.17, 15) is 0 Å². The number of hydrogen-bond acceptors (Lipinski definition) is 2. The summed E-state index contributed by atoms with van der Waals surface area (Å²) < 4.78 is 0. The lowest BCUT2D eigenvalue weighted by molar-refractivity contribution is 0.164. The summed E-state index contributed by atoms with van der Waals surface area (Å²) in [4.78, 5) is 2.61. The molecule has 0 unspecified atom stereocenters. The van der Waals surface area contributed by atoms with Crippen LogP contribution in [0, 0.1) is 6.92 Å². The Morgan fingerprint density at radius 1 is 1.25 bits per heavy atom. The minimum atomic E-state index is 0. The number of aryl methyl sites for hydroxylation is 1. The van der Waals surface area contributed by atoms with Gasteiger partial charge in [-0.25, -0.2) is 0 Å². The van der Waals surface area contributed by atoms with E-state index in [0.717, 1.165) is 31.2 Å². The van der Waals surface area contributed by atoms with Gasteiger partial charge in [0.1, 0.15) is 0 Å². The fourth-order valence-electron chi connectivity index (χ4n) is 2.82. The monoisotopic (exact) mass is 338 g/mol. The van der Waals surface area contributed by atoms with Gasteiger partial charge in [0.05, 0.1) is 0 Å². The SMILES string of the molecule is CCC[C@H](c1ccc(Cl)cc1C)N1CCNCC1.Cl.Cl. The van der Waals surface area contributed by atoms with Crippen molar-refractivity contribution in [3.8, 4) is 0 Å². The van der Waals surface area contributed by atoms with Crippen LogP contribution in [0.3, 0.4) is 0 Å². The molecule has 1 saturated heterocycles. The molecular weight excluding hydrogens is 315 g/mol. The third-order valence-electron chi connectivity index (χ3n) is 3.75. The topological polar surface area (TPSA) is 15.3 Å². The summed E-state index contributed by atoms with van der Waals surface area (Å²) >= 11 is 6.06. The van der Waals surface area contributed by atoms with Gasteiger partial charge in [-0.2, -0.15) is 0 Å². The minimum Gasteiger partial charge on any atom is -0.314 e. The smallest absolute Gasteiger partial charge is 0.0408 e. The second-order valence-corrected chi connectivity index (χ2v) is 5.53. The molecule has 1 aliphatic heterocycles. The van der Waals surface area contributed by atoms with Crippen LogP contribution in [0.25, 0.3) is 0 Å². The van der Waals surface area contributed by atoms with E-state index < -0.39 is 0 Å². The van der Waals surface area contributed by atoms with Gasteiger partial charge in [0.2, 0.25) is 0 Å². The van der Waals surface area contributed by atoms with Gasteiger partial charge in [-0.1, -0.05) is 31.0 Å². The summed E-state index contributed by atoms with van der Waals surface area (Å²) in [5, 5.41) is 4.26. The van der Waals surface area contributed by atoms with Crippen LogP contribution in [0.15, 0.2) is 18.2 Å². The summed E-state index contributed by atoms with van der Waals surface area (Å²) in [5.74, 6) is 0. The zero-order valence-electron chi connectivity index (χ0n) is 12.2. The van der Waals surface area contributed by atoms with Crippen LogP contribution in [0.5, 0.6) is 0 Å². The summed E-state index contributed by atoms with van der Waals surface area (Å²) in [5.41, 5.74) is 2.77. The first-order chi connectivity index (χ1) is 8.72. The molecule has 0 bridgehead atoms. The quantitative estimate of drug-likeness (QED) is 0.882. The largest absolute Gasteiger partial charge is 0.314 e. The molecule has 2 nitrogen and oxygen atoms in total. The summed E-state index contributed by atoms with van der Waals surface area (Å²) in [6.07, 6.45) is 2.44. The molecule has 1 aromatic rings. The number of hydrogen-bond donors (Lipinski definition) is 1. The lowest BCUT2D eigenvalue weighted by Crippen LogP contribution is -2.45. The van der Waals surface area contributed by atoms with E-state index >= 15 is 0 Å². The Kier molecular flexibility index (Phi) is 9.86. The summed E-state index contributed by atoms with van der Waals surface area (Å²) in [7, 11) is 0. The third-order valence-corrected chi connectivity index (χ3v) is 3.98. The molecular formula is C15H25Cl3N2. The van der Waals surface area contributed by atoms with Crippen molar-refractivity contribution in [2.75, 3.05) is 26.2 Å². The predicted molar refractivity (Wildman–Crippen MR) is 92.8 cm³/mol. The lowest BCUT2D eigenvalue weighted by atomic mass is 9.96. The Bertz CT molecular complexity index is 393. The molecule has 0 radical (unpaired) electrons. The number of halogens is 3. The number of rotatable bonds is 4. The van der Waals surface area contributed by atoms with E-state index in [0.29, 0.717) is 6.04 Å². The first kappa shape index (κ1) is 20.0. The highest BCUT2D eigenvalue weighted by atomic mass is 35.5. The molecule has 0 amide bonds. The van der Waals surface area contributed by atoms with Gasteiger partial charge in [-0.05, 0) is 36.6 Å². The molecule has 5 heteroatoms. The molecule has 0 saturated carbocycles. The van der Waals surface area contributed by atoms with E-state index in [1.54, 1.807) is 0 Å². The Morgan fingerprint density at radius 2 is 1.90 bits per heavy atom. The molecule has 1 heterocycles. The van der Waals surface area contributed by atoms with E-state index in [-0.39, 0.29) is 24.8 Å². The summed E-state index contributed by atoms with van der Waals surface area (Å²) in [6, 6.07) is 6.87. The maximum Gasteiger partial charge on any atom is 0.0408 e. The van der Waals surface area contributed by atoms with Crippen molar-refractivity contribution in [2.45, 2.75) is 32.7 Å². The highest BCUT2D eigenvalue weighted by molar-refractivity contribution is 6.30. The van der Waals surface area contributed by atoms with Gasteiger partial charge in [0.25, 0.3) is 0 Å². The zero-order valence-corrected chi connectivity index (χ0v) is 14.6. The summed E-state index contributed by atoms with van der Waals surface area (Å²) in [6.45, 7) is 8.94. The average Bonchev–Trinajstić information content (AvgIpc) is 2.38. The highest BCUT2D eigenvalue weighted by Crippen LogP contribution is 2.29. The third kappa shape index (κ3) is 5.09. The van der Waals surface area contributed by atoms with Gasteiger partial charge in [-0.3, -0.25) is 4.90 Å². The molecule has 1 N–H and O–H groups in total. The first-order valence-corrected chi connectivity index (χ1v) is 7.31. The van der Waals surface area contributed by atoms with Crippen molar-refractivity contribution >= 4 is 36.4 Å². The average molecular weight is 340 g/mol. The second kappa shape index (κ2) is 9.86. The number of benzene rings is 1. The molecule has 0 spiro atoms. The minimum absolute atomic E-state index is 0. The fraction of sp³-hybridized carbons (Fsp3) is 0.600. The van der Waals surface area contributed by atoms with Crippen LogP contribution in [-0.4, -0.2) is 31.1 Å². The van der Waals surface area contributed by atoms with Gasteiger partial charge >= 0.3 is 0 Å². The lowest BCUT2D eigenvalue weighted by Gasteiger charge is -2.36. The highest BCUT2D eigenvalue weighted by Gasteiger charge is 2.22. The standard InChI is InChI=1S/C15H23ClN2.2ClH/c1-3-4-15(18-9-7-17-8-10-18)14-6-5-13(16)11-12(14)2;;/h5-6,11,15,17H,3-4,7-10H2,1-2H3;2*1H/t15-;;/m1../s1. The van der Waals surface area contributed by atoms with Crippen LogP contribution in [0.1, 0.15) is 36.9 Å². The van der Waals surface area contributed by atoms with Crippen LogP contribution in [0.2, 0.25) is 5.02 Å². The van der Waals surface area contributed by atoms with Crippen LogP contribution < -0.4 is 5.32 Å². The van der Waals surface area contributed by atoms with E-state index in [1.165, 1.54) is 24.0 Å². The van der Waals surface area contributed by atoms with Crippen molar-refractivity contribution in [1.29, 1.82) is 0 Å². The van der Waals surface area contributed by atoms with Crippen LogP contribution in [-0.2, 0) is 0 Å². The second-order valence-electron chi connectivity index (χ2n) is 5.09. The zero-order chi connectivity index (χ0) is 13.0. The van der Waals surface area contributed by atoms with Crippen molar-refractivity contribution in [1.82, 2.24) is 10.2 Å². The van der Waals surface area contributed by atoms with Gasteiger partial charge in [0, 0.05) is 37.2 Å². The van der Waals surface area contributed by atoms with Crippen molar-refractivity contribution in [3.05, 3.63) is 34.3 Å². The normalized spacial score (nSPS) is 16.9. The van der Waals surface area contributed by atoms with Crippen molar-refractivity contribution < 1.29 is 0 Å². The number of nitrogens with zero attached hydrogens (tertiary/aromatic N) is 1. The molecule has 1 atom stereocenters.